The number of hydrogen-bond acceptors (Lipinski definition) is 5. The molecular weight excluding hydrogens is 440 g/mol. The number of amides is 1. The van der Waals surface area contributed by atoms with Gasteiger partial charge in [0.05, 0.1) is 11.6 Å². The van der Waals surface area contributed by atoms with E-state index in [9.17, 15) is 4.79 Å². The number of carbonyl (C=O) groups excluding carboxylic acids is 1. The molecule has 2 aromatic rings. The second-order valence-electron chi connectivity index (χ2n) is 10.5. The number of carbonyl (C=O) groups is 1. The van der Waals surface area contributed by atoms with Crippen LogP contribution < -0.4 is 10.6 Å². The zero-order valence-corrected chi connectivity index (χ0v) is 21.8. The lowest BCUT2D eigenvalue weighted by atomic mass is 9.68. The summed E-state index contributed by atoms with van der Waals surface area (Å²) in [5.74, 6) is 1.51. The number of aryl methyl sites for hydroxylation is 1. The molecule has 5 nitrogen and oxygen atoms in total. The third-order valence-electron chi connectivity index (χ3n) is 8.95. The van der Waals surface area contributed by atoms with Gasteiger partial charge < -0.3 is 15.5 Å². The molecule has 0 saturated carbocycles. The SMILES string of the molecule is CCC(CC)[C@@H]1C[C@H](c2ccccc2)CCN1C(=O)[C@@H]1CNC[C@]12CCCc1nc(NC)sc12. The van der Waals surface area contributed by atoms with Gasteiger partial charge in [0.2, 0.25) is 5.91 Å². The molecule has 3 heterocycles. The van der Waals surface area contributed by atoms with E-state index in [-0.39, 0.29) is 11.3 Å². The molecule has 34 heavy (non-hydrogen) atoms. The van der Waals surface area contributed by atoms with E-state index >= 15 is 0 Å². The van der Waals surface area contributed by atoms with Crippen LogP contribution in [-0.4, -0.2) is 48.5 Å². The first-order chi connectivity index (χ1) is 16.6. The summed E-state index contributed by atoms with van der Waals surface area (Å²) >= 11 is 1.78. The van der Waals surface area contributed by atoms with Gasteiger partial charge in [-0.25, -0.2) is 4.98 Å². The van der Waals surface area contributed by atoms with Gasteiger partial charge in [0.1, 0.15) is 0 Å². The number of aromatic nitrogens is 1. The van der Waals surface area contributed by atoms with Crippen molar-refractivity contribution < 1.29 is 4.79 Å². The van der Waals surface area contributed by atoms with Crippen LogP contribution in [-0.2, 0) is 16.6 Å². The summed E-state index contributed by atoms with van der Waals surface area (Å²) in [4.78, 5) is 23.0. The normalized spacial score (nSPS) is 28.9. The molecule has 2 fully saturated rings. The number of nitrogens with zero attached hydrogens (tertiary/aromatic N) is 2. The molecule has 4 atom stereocenters. The van der Waals surface area contributed by atoms with Gasteiger partial charge in [-0.05, 0) is 49.5 Å². The summed E-state index contributed by atoms with van der Waals surface area (Å²) in [5, 5.41) is 7.87. The van der Waals surface area contributed by atoms with Gasteiger partial charge in [0, 0.05) is 43.0 Å². The van der Waals surface area contributed by atoms with Crippen molar-refractivity contribution in [1.82, 2.24) is 15.2 Å². The molecule has 2 aliphatic heterocycles. The van der Waals surface area contributed by atoms with Crippen LogP contribution in [0.3, 0.4) is 0 Å². The van der Waals surface area contributed by atoms with Gasteiger partial charge in [0.25, 0.3) is 0 Å². The molecule has 0 bridgehead atoms. The molecular formula is C28H40N4OS. The topological polar surface area (TPSA) is 57.3 Å². The minimum Gasteiger partial charge on any atom is -0.365 e. The molecule has 1 aliphatic carbocycles. The van der Waals surface area contributed by atoms with Crippen molar-refractivity contribution >= 4 is 22.4 Å². The second kappa shape index (κ2) is 9.98. The molecule has 1 aromatic heterocycles. The average Bonchev–Trinajstić information content (AvgIpc) is 3.50. The average molecular weight is 481 g/mol. The Hall–Kier alpha value is -1.92. The van der Waals surface area contributed by atoms with Crippen molar-refractivity contribution in [3.63, 3.8) is 0 Å². The molecule has 3 aliphatic rings. The van der Waals surface area contributed by atoms with E-state index < -0.39 is 0 Å². The Morgan fingerprint density at radius 3 is 2.82 bits per heavy atom. The van der Waals surface area contributed by atoms with Crippen LogP contribution >= 0.6 is 11.3 Å². The maximum absolute atomic E-state index is 14.4. The first-order valence-corrected chi connectivity index (χ1v) is 14.2. The lowest BCUT2D eigenvalue weighted by molar-refractivity contribution is -0.142. The van der Waals surface area contributed by atoms with Crippen LogP contribution in [0.15, 0.2) is 30.3 Å². The predicted octanol–water partition coefficient (Wildman–Crippen LogP) is 5.19. The highest BCUT2D eigenvalue weighted by Gasteiger charge is 2.53. The molecule has 2 N–H and O–H groups in total. The number of anilines is 1. The molecule has 184 valence electrons. The predicted molar refractivity (Wildman–Crippen MR) is 141 cm³/mol. The number of likely N-dealkylation sites (tertiary alicyclic amines) is 1. The number of rotatable bonds is 6. The zero-order valence-electron chi connectivity index (χ0n) is 21.0. The van der Waals surface area contributed by atoms with Gasteiger partial charge in [-0.3, -0.25) is 4.79 Å². The molecule has 5 rings (SSSR count). The van der Waals surface area contributed by atoms with Gasteiger partial charge in [0.15, 0.2) is 5.13 Å². The molecule has 2 saturated heterocycles. The van der Waals surface area contributed by atoms with E-state index in [0.717, 1.165) is 69.7 Å². The van der Waals surface area contributed by atoms with E-state index in [2.05, 4.69) is 59.7 Å². The minimum absolute atomic E-state index is 0.0156. The first kappa shape index (κ1) is 23.8. The van der Waals surface area contributed by atoms with Crippen molar-refractivity contribution in [3.05, 3.63) is 46.5 Å². The highest BCUT2D eigenvalue weighted by Crippen LogP contribution is 2.49. The van der Waals surface area contributed by atoms with Crippen molar-refractivity contribution in [2.24, 2.45) is 11.8 Å². The van der Waals surface area contributed by atoms with E-state index in [0.29, 0.717) is 23.8 Å². The molecule has 0 radical (unpaired) electrons. The fourth-order valence-electron chi connectivity index (χ4n) is 7.06. The van der Waals surface area contributed by atoms with E-state index in [1.54, 1.807) is 11.3 Å². The van der Waals surface area contributed by atoms with Crippen molar-refractivity contribution in [1.29, 1.82) is 0 Å². The minimum atomic E-state index is -0.0911. The fourth-order valence-corrected chi connectivity index (χ4v) is 8.30. The third-order valence-corrected chi connectivity index (χ3v) is 10.3. The molecule has 0 unspecified atom stereocenters. The van der Waals surface area contributed by atoms with Crippen molar-refractivity contribution in [2.75, 3.05) is 32.0 Å². The quantitative estimate of drug-likeness (QED) is 0.597. The Bertz CT molecular complexity index is 988. The van der Waals surface area contributed by atoms with Gasteiger partial charge in [-0.2, -0.15) is 0 Å². The Labute approximate surface area is 208 Å². The summed E-state index contributed by atoms with van der Waals surface area (Å²) < 4.78 is 0. The Morgan fingerprint density at radius 2 is 2.09 bits per heavy atom. The van der Waals surface area contributed by atoms with E-state index in [1.165, 1.54) is 16.1 Å². The van der Waals surface area contributed by atoms with Gasteiger partial charge in [-0.1, -0.05) is 57.0 Å². The molecule has 6 heteroatoms. The fraction of sp³-hybridized carbons (Fsp3) is 0.643. The third kappa shape index (κ3) is 4.07. The van der Waals surface area contributed by atoms with Crippen molar-refractivity contribution in [3.8, 4) is 0 Å². The number of fused-ring (bicyclic) bond motifs is 2. The van der Waals surface area contributed by atoms with Crippen LogP contribution in [0.2, 0.25) is 0 Å². The first-order valence-electron chi connectivity index (χ1n) is 13.3. The van der Waals surface area contributed by atoms with E-state index in [1.807, 2.05) is 7.05 Å². The van der Waals surface area contributed by atoms with Gasteiger partial charge >= 0.3 is 0 Å². The maximum Gasteiger partial charge on any atom is 0.228 e. The summed E-state index contributed by atoms with van der Waals surface area (Å²) in [6.45, 7) is 7.16. The second-order valence-corrected chi connectivity index (χ2v) is 11.5. The standard InChI is InChI=1S/C28H40N4OS/c1-4-19(5-2)24-16-21(20-10-7-6-8-11-20)13-15-32(24)26(33)22-17-30-18-28(22)14-9-12-23-25(28)34-27(29-3)31-23/h6-8,10-11,19,21-22,24,30H,4-5,9,12-18H2,1-3H3,(H,29,31)/t21-,22+,24+,28-/m1/s1. The van der Waals surface area contributed by atoms with Crippen LogP contribution in [0.5, 0.6) is 0 Å². The number of hydrogen-bond donors (Lipinski definition) is 2. The summed E-state index contributed by atoms with van der Waals surface area (Å²) in [6, 6.07) is 11.3. The van der Waals surface area contributed by atoms with Crippen LogP contribution in [0.4, 0.5) is 5.13 Å². The largest absolute Gasteiger partial charge is 0.365 e. The highest BCUT2D eigenvalue weighted by atomic mass is 32.1. The van der Waals surface area contributed by atoms with Crippen LogP contribution in [0.25, 0.3) is 0 Å². The Morgan fingerprint density at radius 1 is 1.29 bits per heavy atom. The Balaban J connectivity index is 1.44. The number of thiazole rings is 1. The van der Waals surface area contributed by atoms with Gasteiger partial charge in [-0.15, -0.1) is 11.3 Å². The maximum atomic E-state index is 14.4. The molecule has 1 aromatic carbocycles. The number of nitrogens with one attached hydrogen (secondary N) is 2. The molecule has 1 amide bonds. The van der Waals surface area contributed by atoms with Crippen LogP contribution in [0.1, 0.15) is 74.4 Å². The summed E-state index contributed by atoms with van der Waals surface area (Å²) in [7, 11) is 1.95. The summed E-state index contributed by atoms with van der Waals surface area (Å²) in [5.41, 5.74) is 2.57. The lowest BCUT2D eigenvalue weighted by Gasteiger charge is -2.46. The smallest absolute Gasteiger partial charge is 0.228 e. The lowest BCUT2D eigenvalue weighted by Crippen LogP contribution is -2.54. The number of benzene rings is 1. The monoisotopic (exact) mass is 480 g/mol. The highest BCUT2D eigenvalue weighted by molar-refractivity contribution is 7.15. The van der Waals surface area contributed by atoms with Crippen molar-refractivity contribution in [2.45, 2.75) is 76.2 Å². The Kier molecular flexibility index (Phi) is 6.99. The zero-order chi connectivity index (χ0) is 23.7. The number of piperidine rings is 1. The van der Waals surface area contributed by atoms with Crippen LogP contribution in [0, 0.1) is 11.8 Å². The molecule has 1 spiro atoms. The van der Waals surface area contributed by atoms with E-state index in [4.69, 9.17) is 4.98 Å². The summed E-state index contributed by atoms with van der Waals surface area (Å²) in [6.07, 6.45) is 7.66.